The molecule has 0 N–H and O–H groups in total. The summed E-state index contributed by atoms with van der Waals surface area (Å²) in [6, 6.07) is 0. The molecule has 0 aromatic heterocycles. The second-order valence-electron chi connectivity index (χ2n) is 10.9. The molecule has 164 valence electrons. The van der Waals surface area contributed by atoms with Crippen molar-refractivity contribution in [2.75, 3.05) is 19.8 Å². The van der Waals surface area contributed by atoms with Gasteiger partial charge in [0.05, 0.1) is 18.8 Å². The fourth-order valence-electron chi connectivity index (χ4n) is 6.91. The van der Waals surface area contributed by atoms with E-state index in [2.05, 4.69) is 13.5 Å². The highest BCUT2D eigenvalue weighted by molar-refractivity contribution is 5.87. The van der Waals surface area contributed by atoms with Crippen LogP contribution in [0.3, 0.4) is 0 Å². The molecule has 5 rings (SSSR count). The van der Waals surface area contributed by atoms with E-state index in [1.165, 1.54) is 38.5 Å². The van der Waals surface area contributed by atoms with Crippen LogP contribution in [0.15, 0.2) is 12.2 Å². The van der Waals surface area contributed by atoms with E-state index in [4.69, 9.17) is 14.2 Å². The lowest BCUT2D eigenvalue weighted by Gasteiger charge is -2.60. The van der Waals surface area contributed by atoms with Crippen LogP contribution in [0.5, 0.6) is 0 Å². The van der Waals surface area contributed by atoms with Crippen molar-refractivity contribution in [2.45, 2.75) is 102 Å². The van der Waals surface area contributed by atoms with E-state index in [0.29, 0.717) is 22.8 Å². The van der Waals surface area contributed by atoms with Gasteiger partial charge in [0, 0.05) is 24.0 Å². The molecule has 0 spiro atoms. The normalized spacial score (nSPS) is 36.6. The van der Waals surface area contributed by atoms with Gasteiger partial charge in [0.1, 0.15) is 5.60 Å². The van der Waals surface area contributed by atoms with Gasteiger partial charge in [-0.1, -0.05) is 32.8 Å². The largest absolute Gasteiger partial charge is 0.456 e. The Morgan fingerprint density at radius 3 is 2.28 bits per heavy atom. The smallest absolute Gasteiger partial charge is 0.333 e. The molecule has 2 atom stereocenters. The predicted molar refractivity (Wildman–Crippen MR) is 114 cm³/mol. The van der Waals surface area contributed by atoms with Gasteiger partial charge in [-0.2, -0.15) is 0 Å². The summed E-state index contributed by atoms with van der Waals surface area (Å²) in [4.78, 5) is 12.3. The lowest BCUT2D eigenvalue weighted by Crippen LogP contribution is -2.61. The Kier molecular flexibility index (Phi) is 6.14. The van der Waals surface area contributed by atoms with Gasteiger partial charge in [-0.15, -0.1) is 0 Å². The highest BCUT2D eigenvalue weighted by atomic mass is 16.6. The fraction of sp³-hybridized carbons (Fsp3) is 0.880. The minimum Gasteiger partial charge on any atom is -0.456 e. The Balaban J connectivity index is 1.27. The standard InChI is InChI=1S/C25H40O4/c1-4-5-8-23(17-27-18-23)9-6-7-10-28-24-12-20-11-21(13-24)15-25(14-20,16-24)29-22(26)19(2)3/h20-21H,2,4-18H2,1,3H3. The van der Waals surface area contributed by atoms with Crippen LogP contribution in [-0.4, -0.2) is 37.0 Å². The molecule has 1 heterocycles. The average Bonchev–Trinajstić information content (AvgIpc) is 2.61. The van der Waals surface area contributed by atoms with Gasteiger partial charge >= 0.3 is 5.97 Å². The molecular weight excluding hydrogens is 364 g/mol. The van der Waals surface area contributed by atoms with E-state index < -0.39 is 0 Å². The van der Waals surface area contributed by atoms with E-state index in [1.54, 1.807) is 6.92 Å². The van der Waals surface area contributed by atoms with Crippen molar-refractivity contribution in [3.63, 3.8) is 0 Å². The summed E-state index contributed by atoms with van der Waals surface area (Å²) in [5.74, 6) is 1.08. The van der Waals surface area contributed by atoms with Gasteiger partial charge in [-0.3, -0.25) is 0 Å². The second-order valence-corrected chi connectivity index (χ2v) is 10.9. The minimum absolute atomic E-state index is 0.0566. The average molecular weight is 405 g/mol. The summed E-state index contributed by atoms with van der Waals surface area (Å²) in [6.07, 6.45) is 14.1. The summed E-state index contributed by atoms with van der Waals surface area (Å²) in [5, 5.41) is 0. The van der Waals surface area contributed by atoms with Gasteiger partial charge in [-0.25, -0.2) is 4.79 Å². The van der Waals surface area contributed by atoms with Crippen LogP contribution in [0.2, 0.25) is 0 Å². The molecule has 0 radical (unpaired) electrons. The third-order valence-electron chi connectivity index (χ3n) is 8.00. The molecule has 1 aliphatic heterocycles. The monoisotopic (exact) mass is 404 g/mol. The van der Waals surface area contributed by atoms with E-state index in [1.807, 2.05) is 0 Å². The second kappa shape index (κ2) is 8.34. The first-order chi connectivity index (χ1) is 13.9. The number of carbonyl (C=O) groups is 1. The summed E-state index contributed by atoms with van der Waals surface area (Å²) < 4.78 is 18.2. The number of rotatable bonds is 11. The summed E-state index contributed by atoms with van der Waals surface area (Å²) >= 11 is 0. The Bertz CT molecular complexity index is 606. The van der Waals surface area contributed by atoms with E-state index in [-0.39, 0.29) is 17.2 Å². The number of hydrogen-bond donors (Lipinski definition) is 0. The topological polar surface area (TPSA) is 44.8 Å². The molecule has 0 amide bonds. The zero-order valence-electron chi connectivity index (χ0n) is 18.6. The van der Waals surface area contributed by atoms with Gasteiger partial charge in [-0.05, 0) is 70.1 Å². The molecule has 5 aliphatic rings. The van der Waals surface area contributed by atoms with Crippen LogP contribution in [0.25, 0.3) is 0 Å². The third kappa shape index (κ3) is 4.58. The van der Waals surface area contributed by atoms with E-state index in [9.17, 15) is 4.79 Å². The zero-order valence-corrected chi connectivity index (χ0v) is 18.6. The molecule has 2 unspecified atom stereocenters. The zero-order chi connectivity index (χ0) is 20.5. The highest BCUT2D eigenvalue weighted by Gasteiger charge is 2.60. The molecule has 5 fully saturated rings. The Hall–Kier alpha value is -0.870. The van der Waals surface area contributed by atoms with Crippen molar-refractivity contribution in [1.82, 2.24) is 0 Å². The van der Waals surface area contributed by atoms with Gasteiger partial charge in [0.25, 0.3) is 0 Å². The van der Waals surface area contributed by atoms with Crippen molar-refractivity contribution >= 4 is 5.97 Å². The van der Waals surface area contributed by atoms with Crippen LogP contribution >= 0.6 is 0 Å². The maximum absolute atomic E-state index is 12.3. The van der Waals surface area contributed by atoms with Crippen LogP contribution in [-0.2, 0) is 19.0 Å². The van der Waals surface area contributed by atoms with Crippen LogP contribution in [0.4, 0.5) is 0 Å². The molecule has 1 saturated heterocycles. The van der Waals surface area contributed by atoms with Crippen molar-refractivity contribution in [3.05, 3.63) is 12.2 Å². The molecular formula is C25H40O4. The van der Waals surface area contributed by atoms with Crippen molar-refractivity contribution < 1.29 is 19.0 Å². The number of ether oxygens (including phenoxy) is 3. The molecule has 4 aliphatic carbocycles. The summed E-state index contributed by atoms with van der Waals surface area (Å²) in [7, 11) is 0. The quantitative estimate of drug-likeness (QED) is 0.256. The molecule has 0 aromatic carbocycles. The molecule has 4 nitrogen and oxygen atoms in total. The van der Waals surface area contributed by atoms with Crippen molar-refractivity contribution in [3.8, 4) is 0 Å². The molecule has 29 heavy (non-hydrogen) atoms. The minimum atomic E-state index is -0.298. The first kappa shape index (κ1) is 21.4. The Morgan fingerprint density at radius 2 is 1.69 bits per heavy atom. The summed E-state index contributed by atoms with van der Waals surface area (Å²) in [5.41, 5.74) is 0.608. The number of esters is 1. The van der Waals surface area contributed by atoms with Crippen LogP contribution in [0, 0.1) is 17.3 Å². The summed E-state index contributed by atoms with van der Waals surface area (Å²) in [6.45, 7) is 10.5. The van der Waals surface area contributed by atoms with Gasteiger partial charge in [0.2, 0.25) is 0 Å². The lowest BCUT2D eigenvalue weighted by molar-refractivity contribution is -0.232. The van der Waals surface area contributed by atoms with E-state index >= 15 is 0 Å². The molecule has 4 heteroatoms. The van der Waals surface area contributed by atoms with Crippen molar-refractivity contribution in [1.29, 1.82) is 0 Å². The Morgan fingerprint density at radius 1 is 1.03 bits per heavy atom. The molecule has 4 bridgehead atoms. The van der Waals surface area contributed by atoms with Crippen LogP contribution < -0.4 is 0 Å². The van der Waals surface area contributed by atoms with Crippen molar-refractivity contribution in [2.24, 2.45) is 17.3 Å². The number of hydrogen-bond acceptors (Lipinski definition) is 4. The maximum Gasteiger partial charge on any atom is 0.333 e. The first-order valence-corrected chi connectivity index (χ1v) is 12.0. The van der Waals surface area contributed by atoms with Crippen LogP contribution in [0.1, 0.15) is 90.9 Å². The van der Waals surface area contributed by atoms with Gasteiger partial charge < -0.3 is 14.2 Å². The van der Waals surface area contributed by atoms with E-state index in [0.717, 1.165) is 58.3 Å². The molecule has 0 aromatic rings. The first-order valence-electron chi connectivity index (χ1n) is 12.0. The number of carbonyl (C=O) groups excluding carboxylic acids is 1. The molecule has 4 saturated carbocycles. The number of unbranched alkanes of at least 4 members (excludes halogenated alkanes) is 2. The van der Waals surface area contributed by atoms with Gasteiger partial charge in [0.15, 0.2) is 0 Å². The third-order valence-corrected chi connectivity index (χ3v) is 8.00. The predicted octanol–water partition coefficient (Wildman–Crippen LogP) is 5.59. The lowest BCUT2D eigenvalue weighted by atomic mass is 9.52. The fourth-order valence-corrected chi connectivity index (χ4v) is 6.91. The highest BCUT2D eigenvalue weighted by Crippen LogP contribution is 2.60. The SMILES string of the molecule is C=C(C)C(=O)OC12CC3CC(CC(OCCCCC4(CCCC)COC4)(C3)C1)C2. The maximum atomic E-state index is 12.3. The Labute approximate surface area is 176 Å².